The number of nitrogen functional groups attached to an aromatic ring is 1. The lowest BCUT2D eigenvalue weighted by Gasteiger charge is -2.23. The molecule has 35 heavy (non-hydrogen) atoms. The van der Waals surface area contributed by atoms with Crippen LogP contribution in [0.15, 0.2) is 47.3 Å². The monoisotopic (exact) mass is 475 g/mol. The average molecular weight is 476 g/mol. The highest BCUT2D eigenvalue weighted by Crippen LogP contribution is 2.28. The molecule has 4 N–H and O–H groups in total. The summed E-state index contributed by atoms with van der Waals surface area (Å²) in [5.74, 6) is -1.60. The topological polar surface area (TPSA) is 142 Å². The molecule has 182 valence electrons. The Balaban J connectivity index is 1.70. The van der Waals surface area contributed by atoms with Crippen LogP contribution in [0.4, 0.5) is 0 Å². The SMILES string of the molecule is Cn1c(=O)c(Cc2ccc(C(=N)N)cc2)nc2cc(C(CCC(=O)O)C(=O)N3CCCC3)ccc21. The summed E-state index contributed by atoms with van der Waals surface area (Å²) in [5, 5.41) is 16.7. The van der Waals surface area contributed by atoms with E-state index >= 15 is 0 Å². The zero-order valence-electron chi connectivity index (χ0n) is 19.7. The minimum Gasteiger partial charge on any atom is -0.481 e. The Kier molecular flexibility index (Phi) is 6.95. The van der Waals surface area contributed by atoms with Crippen LogP contribution in [0.25, 0.3) is 11.0 Å². The van der Waals surface area contributed by atoms with Crippen molar-refractivity contribution in [3.05, 3.63) is 75.2 Å². The molecule has 1 amide bonds. The average Bonchev–Trinajstić information content (AvgIpc) is 3.37. The Hall–Kier alpha value is -4.01. The number of rotatable bonds is 8. The first-order chi connectivity index (χ1) is 16.7. The molecule has 2 aromatic carbocycles. The van der Waals surface area contributed by atoms with E-state index in [9.17, 15) is 19.5 Å². The normalized spacial score (nSPS) is 14.3. The van der Waals surface area contributed by atoms with Crippen LogP contribution in [-0.4, -0.2) is 50.4 Å². The molecular formula is C26H29N5O4. The van der Waals surface area contributed by atoms with E-state index in [1.165, 1.54) is 0 Å². The summed E-state index contributed by atoms with van der Waals surface area (Å²) in [4.78, 5) is 43.9. The minimum atomic E-state index is -0.941. The van der Waals surface area contributed by atoms with Gasteiger partial charge in [0.2, 0.25) is 5.91 Å². The number of likely N-dealkylation sites (tertiary alicyclic amines) is 1. The molecule has 0 saturated carbocycles. The van der Waals surface area contributed by atoms with Gasteiger partial charge in [-0.15, -0.1) is 0 Å². The molecule has 9 heteroatoms. The van der Waals surface area contributed by atoms with E-state index in [4.69, 9.17) is 11.1 Å². The maximum Gasteiger partial charge on any atom is 0.303 e. The number of aliphatic carboxylic acids is 1. The van der Waals surface area contributed by atoms with Gasteiger partial charge >= 0.3 is 5.97 Å². The van der Waals surface area contributed by atoms with Gasteiger partial charge in [0, 0.05) is 38.5 Å². The molecule has 0 bridgehead atoms. The van der Waals surface area contributed by atoms with Crippen LogP contribution in [0.1, 0.15) is 54.0 Å². The van der Waals surface area contributed by atoms with Gasteiger partial charge in [-0.05, 0) is 42.5 Å². The largest absolute Gasteiger partial charge is 0.481 e. The van der Waals surface area contributed by atoms with Gasteiger partial charge in [0.1, 0.15) is 11.5 Å². The molecule has 1 saturated heterocycles. The molecule has 1 fully saturated rings. The van der Waals surface area contributed by atoms with Crippen molar-refractivity contribution in [2.45, 2.75) is 38.0 Å². The first-order valence-corrected chi connectivity index (χ1v) is 11.7. The molecule has 1 atom stereocenters. The Morgan fingerprint density at radius 2 is 1.83 bits per heavy atom. The number of nitrogens with zero attached hydrogens (tertiary/aromatic N) is 3. The number of amidine groups is 1. The molecule has 0 spiro atoms. The van der Waals surface area contributed by atoms with Crippen molar-refractivity contribution in [3.63, 3.8) is 0 Å². The standard InChI is InChI=1S/C26H29N5O4/c1-30-22-10-8-18(19(9-11-23(32)33)25(34)31-12-2-3-13-31)15-20(22)29-21(26(30)35)14-16-4-6-17(7-5-16)24(27)28/h4-8,10,15,19H,2-3,9,11-14H2,1H3,(H3,27,28)(H,32,33). The van der Waals surface area contributed by atoms with Gasteiger partial charge in [-0.25, -0.2) is 4.98 Å². The predicted molar refractivity (Wildman–Crippen MR) is 133 cm³/mol. The quantitative estimate of drug-likeness (QED) is 0.337. The van der Waals surface area contributed by atoms with Crippen molar-refractivity contribution in [1.82, 2.24) is 14.5 Å². The lowest BCUT2D eigenvalue weighted by Crippen LogP contribution is -2.33. The number of carboxylic acid groups (broad SMARTS) is 1. The third-order valence-electron chi connectivity index (χ3n) is 6.57. The Labute approximate surface area is 202 Å². The summed E-state index contributed by atoms with van der Waals surface area (Å²) in [6, 6.07) is 12.5. The van der Waals surface area contributed by atoms with E-state index < -0.39 is 11.9 Å². The Morgan fingerprint density at radius 3 is 2.46 bits per heavy atom. The van der Waals surface area contributed by atoms with Crippen molar-refractivity contribution in [2.24, 2.45) is 12.8 Å². The molecule has 1 aliphatic rings. The minimum absolute atomic E-state index is 0.0234. The van der Waals surface area contributed by atoms with Gasteiger partial charge in [0.15, 0.2) is 0 Å². The van der Waals surface area contributed by atoms with Gasteiger partial charge in [0.25, 0.3) is 5.56 Å². The number of nitrogens with one attached hydrogen (secondary N) is 1. The molecule has 3 aromatic rings. The highest BCUT2D eigenvalue weighted by molar-refractivity contribution is 5.94. The van der Waals surface area contributed by atoms with E-state index in [0.29, 0.717) is 47.4 Å². The number of benzene rings is 2. The van der Waals surface area contributed by atoms with Crippen LogP contribution in [0.2, 0.25) is 0 Å². The molecule has 1 aliphatic heterocycles. The molecule has 4 rings (SSSR count). The summed E-state index contributed by atoms with van der Waals surface area (Å²) in [6.45, 7) is 1.38. The summed E-state index contributed by atoms with van der Waals surface area (Å²) < 4.78 is 1.54. The Bertz CT molecular complexity index is 1340. The number of carbonyl (C=O) groups excluding carboxylic acids is 1. The van der Waals surface area contributed by atoms with Crippen molar-refractivity contribution in [1.29, 1.82) is 5.41 Å². The molecular weight excluding hydrogens is 446 g/mol. The van der Waals surface area contributed by atoms with Crippen LogP contribution in [-0.2, 0) is 23.1 Å². The van der Waals surface area contributed by atoms with Gasteiger partial charge in [-0.1, -0.05) is 30.3 Å². The van der Waals surface area contributed by atoms with Crippen molar-refractivity contribution in [3.8, 4) is 0 Å². The van der Waals surface area contributed by atoms with Crippen LogP contribution >= 0.6 is 0 Å². The van der Waals surface area contributed by atoms with Crippen LogP contribution in [0.5, 0.6) is 0 Å². The van der Waals surface area contributed by atoms with Crippen LogP contribution in [0, 0.1) is 5.41 Å². The second-order valence-electron chi connectivity index (χ2n) is 8.98. The number of hydrogen-bond acceptors (Lipinski definition) is 5. The number of hydrogen-bond donors (Lipinski definition) is 3. The zero-order valence-corrected chi connectivity index (χ0v) is 19.7. The van der Waals surface area contributed by atoms with E-state index in [2.05, 4.69) is 4.98 Å². The third-order valence-corrected chi connectivity index (χ3v) is 6.57. The van der Waals surface area contributed by atoms with Gasteiger partial charge < -0.3 is 20.3 Å². The molecule has 1 unspecified atom stereocenters. The van der Waals surface area contributed by atoms with Crippen molar-refractivity contribution < 1.29 is 14.7 Å². The van der Waals surface area contributed by atoms with Gasteiger partial charge in [-0.2, -0.15) is 0 Å². The molecule has 2 heterocycles. The summed E-state index contributed by atoms with van der Waals surface area (Å²) in [5.41, 5.74) is 9.06. The van der Waals surface area contributed by atoms with Gasteiger partial charge in [-0.3, -0.25) is 19.8 Å². The number of aryl methyl sites for hydroxylation is 1. The summed E-state index contributed by atoms with van der Waals surface area (Å²) in [6.07, 6.45) is 2.31. The number of amides is 1. The summed E-state index contributed by atoms with van der Waals surface area (Å²) >= 11 is 0. The number of fused-ring (bicyclic) bond motifs is 1. The van der Waals surface area contributed by atoms with Crippen LogP contribution < -0.4 is 11.3 Å². The number of aromatic nitrogens is 2. The van der Waals surface area contributed by atoms with E-state index in [1.54, 1.807) is 46.8 Å². The molecule has 1 aromatic heterocycles. The van der Waals surface area contributed by atoms with Crippen molar-refractivity contribution in [2.75, 3.05) is 13.1 Å². The van der Waals surface area contributed by atoms with Crippen molar-refractivity contribution >= 4 is 28.7 Å². The smallest absolute Gasteiger partial charge is 0.303 e. The lowest BCUT2D eigenvalue weighted by atomic mass is 9.92. The van der Waals surface area contributed by atoms with Gasteiger partial charge in [0.05, 0.1) is 17.0 Å². The first-order valence-electron chi connectivity index (χ1n) is 11.7. The maximum absolute atomic E-state index is 13.2. The number of nitrogens with two attached hydrogens (primary N) is 1. The highest BCUT2D eigenvalue weighted by atomic mass is 16.4. The predicted octanol–water partition coefficient (Wildman–Crippen LogP) is 2.38. The summed E-state index contributed by atoms with van der Waals surface area (Å²) in [7, 11) is 1.69. The Morgan fingerprint density at radius 1 is 1.14 bits per heavy atom. The fraction of sp³-hybridized carbons (Fsp3) is 0.346. The highest BCUT2D eigenvalue weighted by Gasteiger charge is 2.28. The number of carbonyl (C=O) groups is 2. The fourth-order valence-electron chi connectivity index (χ4n) is 4.60. The molecule has 0 aliphatic carbocycles. The maximum atomic E-state index is 13.2. The first kappa shape index (κ1) is 24.1. The van der Waals surface area contributed by atoms with E-state index in [1.807, 2.05) is 12.1 Å². The lowest BCUT2D eigenvalue weighted by molar-refractivity contribution is -0.137. The van der Waals surface area contributed by atoms with E-state index in [0.717, 1.165) is 18.4 Å². The second kappa shape index (κ2) is 10.1. The molecule has 0 radical (unpaired) electrons. The molecule has 9 nitrogen and oxygen atoms in total. The van der Waals surface area contributed by atoms with E-state index in [-0.39, 0.29) is 30.1 Å². The second-order valence-corrected chi connectivity index (χ2v) is 8.98. The van der Waals surface area contributed by atoms with Crippen LogP contribution in [0.3, 0.4) is 0 Å². The zero-order chi connectivity index (χ0) is 25.1. The third kappa shape index (κ3) is 5.24. The number of carboxylic acids is 1. The fourth-order valence-corrected chi connectivity index (χ4v) is 4.60.